The SMILES string of the molecule is NCC(=O)N(CC1CCCN1OF)C1Cc2ccccc2C1. The van der Waals surface area contributed by atoms with Crippen molar-refractivity contribution >= 4 is 5.91 Å². The molecule has 1 fully saturated rings. The van der Waals surface area contributed by atoms with E-state index in [1.54, 1.807) is 0 Å². The third-order valence-electron chi connectivity index (χ3n) is 4.78. The third-order valence-corrected chi connectivity index (χ3v) is 4.78. The van der Waals surface area contributed by atoms with Gasteiger partial charge in [-0.1, -0.05) is 29.3 Å². The first kappa shape index (κ1) is 15.4. The Balaban J connectivity index is 1.73. The van der Waals surface area contributed by atoms with E-state index in [0.29, 0.717) is 13.1 Å². The summed E-state index contributed by atoms with van der Waals surface area (Å²) in [4.78, 5) is 14.1. The minimum absolute atomic E-state index is 0.0178. The Hall–Kier alpha value is -1.50. The Morgan fingerprint density at radius 2 is 2.05 bits per heavy atom. The van der Waals surface area contributed by atoms with Gasteiger partial charge >= 0.3 is 0 Å². The van der Waals surface area contributed by atoms with E-state index >= 15 is 0 Å². The lowest BCUT2D eigenvalue weighted by atomic mass is 10.1. The monoisotopic (exact) mass is 307 g/mol. The molecule has 0 radical (unpaired) electrons. The van der Waals surface area contributed by atoms with Crippen LogP contribution in [-0.4, -0.2) is 47.6 Å². The van der Waals surface area contributed by atoms with Gasteiger partial charge in [-0.2, -0.15) is 0 Å². The minimum Gasteiger partial charge on any atom is -0.336 e. The molecule has 1 aliphatic carbocycles. The number of nitrogens with zero attached hydrogens (tertiary/aromatic N) is 2. The molecule has 22 heavy (non-hydrogen) atoms. The molecule has 1 unspecified atom stereocenters. The Labute approximate surface area is 129 Å². The summed E-state index contributed by atoms with van der Waals surface area (Å²) in [6.07, 6.45) is 3.39. The Kier molecular flexibility index (Phi) is 4.71. The van der Waals surface area contributed by atoms with Gasteiger partial charge in [-0.15, -0.1) is 5.06 Å². The number of rotatable bonds is 5. The highest BCUT2D eigenvalue weighted by atomic mass is 19.3. The normalized spacial score (nSPS) is 22.0. The van der Waals surface area contributed by atoms with Gasteiger partial charge in [0.25, 0.3) is 0 Å². The number of hydrogen-bond acceptors (Lipinski definition) is 4. The molecule has 0 bridgehead atoms. The van der Waals surface area contributed by atoms with E-state index in [0.717, 1.165) is 25.7 Å². The van der Waals surface area contributed by atoms with E-state index in [-0.39, 0.29) is 24.5 Å². The number of hydrogen-bond donors (Lipinski definition) is 1. The van der Waals surface area contributed by atoms with E-state index in [2.05, 4.69) is 17.2 Å². The Bertz CT molecular complexity index is 515. The first-order valence-corrected chi connectivity index (χ1v) is 7.84. The number of benzene rings is 1. The highest BCUT2D eigenvalue weighted by Crippen LogP contribution is 2.27. The number of nitrogens with two attached hydrogens (primary N) is 1. The van der Waals surface area contributed by atoms with Crippen molar-refractivity contribution in [1.29, 1.82) is 0 Å². The van der Waals surface area contributed by atoms with E-state index in [1.165, 1.54) is 16.2 Å². The van der Waals surface area contributed by atoms with Crippen LogP contribution in [0.3, 0.4) is 0 Å². The molecule has 2 aliphatic rings. The van der Waals surface area contributed by atoms with Gasteiger partial charge < -0.3 is 10.6 Å². The summed E-state index contributed by atoms with van der Waals surface area (Å²) in [6, 6.07) is 8.26. The first-order chi connectivity index (χ1) is 10.7. The maximum absolute atomic E-state index is 12.6. The number of hydroxylamine groups is 2. The summed E-state index contributed by atoms with van der Waals surface area (Å²) in [5, 5.41) is 5.26. The molecule has 1 aromatic rings. The van der Waals surface area contributed by atoms with Crippen LogP contribution in [0.5, 0.6) is 0 Å². The molecule has 120 valence electrons. The molecule has 2 N–H and O–H groups in total. The maximum atomic E-state index is 12.6. The van der Waals surface area contributed by atoms with E-state index < -0.39 is 0 Å². The van der Waals surface area contributed by atoms with Crippen molar-refractivity contribution in [1.82, 2.24) is 9.96 Å². The molecule has 0 saturated carbocycles. The van der Waals surface area contributed by atoms with Gasteiger partial charge in [-0.25, -0.2) is 0 Å². The number of amides is 1. The largest absolute Gasteiger partial charge is 0.336 e. The van der Waals surface area contributed by atoms with Gasteiger partial charge in [0.1, 0.15) is 0 Å². The zero-order chi connectivity index (χ0) is 15.5. The van der Waals surface area contributed by atoms with Gasteiger partial charge in [-0.05, 0) is 41.3 Å². The van der Waals surface area contributed by atoms with Crippen molar-refractivity contribution in [2.75, 3.05) is 19.6 Å². The van der Waals surface area contributed by atoms with Crippen molar-refractivity contribution in [3.8, 4) is 0 Å². The summed E-state index contributed by atoms with van der Waals surface area (Å²) in [5.41, 5.74) is 8.15. The molecule has 1 heterocycles. The van der Waals surface area contributed by atoms with Crippen LogP contribution in [-0.2, 0) is 22.7 Å². The van der Waals surface area contributed by atoms with Crippen LogP contribution in [0.25, 0.3) is 0 Å². The van der Waals surface area contributed by atoms with Crippen LogP contribution in [0.2, 0.25) is 0 Å². The molecular formula is C16H22FN3O2. The highest BCUT2D eigenvalue weighted by Gasteiger charge is 2.34. The molecule has 1 saturated heterocycles. The topological polar surface area (TPSA) is 58.8 Å². The smallest absolute Gasteiger partial charge is 0.236 e. The van der Waals surface area contributed by atoms with Crippen LogP contribution in [0.4, 0.5) is 4.53 Å². The summed E-state index contributed by atoms with van der Waals surface area (Å²) >= 11 is 0. The van der Waals surface area contributed by atoms with Gasteiger partial charge in [0.2, 0.25) is 5.91 Å². The Morgan fingerprint density at radius 3 is 2.64 bits per heavy atom. The number of carbonyl (C=O) groups is 1. The van der Waals surface area contributed by atoms with E-state index in [1.807, 2.05) is 17.0 Å². The molecule has 0 spiro atoms. The fraction of sp³-hybridized carbons (Fsp3) is 0.562. The van der Waals surface area contributed by atoms with Crippen LogP contribution >= 0.6 is 0 Å². The highest BCUT2D eigenvalue weighted by molar-refractivity contribution is 5.78. The summed E-state index contributed by atoms with van der Waals surface area (Å²) in [6.45, 7) is 1.02. The van der Waals surface area contributed by atoms with Crippen molar-refractivity contribution < 1.29 is 14.4 Å². The van der Waals surface area contributed by atoms with Crippen LogP contribution in [0.1, 0.15) is 24.0 Å². The predicted molar refractivity (Wildman–Crippen MR) is 80.3 cm³/mol. The Morgan fingerprint density at radius 1 is 1.36 bits per heavy atom. The number of fused-ring (bicyclic) bond motifs is 1. The van der Waals surface area contributed by atoms with Crippen LogP contribution in [0.15, 0.2) is 24.3 Å². The zero-order valence-electron chi connectivity index (χ0n) is 12.6. The average Bonchev–Trinajstić information content (AvgIpc) is 3.17. The lowest BCUT2D eigenvalue weighted by Gasteiger charge is -2.32. The zero-order valence-corrected chi connectivity index (χ0v) is 12.6. The molecule has 1 aromatic carbocycles. The fourth-order valence-corrected chi connectivity index (χ4v) is 3.64. The predicted octanol–water partition coefficient (Wildman–Crippen LogP) is 1.22. The van der Waals surface area contributed by atoms with Crippen molar-refractivity contribution in [3.63, 3.8) is 0 Å². The van der Waals surface area contributed by atoms with Gasteiger partial charge in [-0.3, -0.25) is 4.79 Å². The molecule has 5 nitrogen and oxygen atoms in total. The molecule has 0 aromatic heterocycles. The summed E-state index contributed by atoms with van der Waals surface area (Å²) in [5.74, 6) is -0.0801. The number of halogens is 1. The molecule has 1 atom stereocenters. The standard InChI is InChI=1S/C16H22FN3O2/c17-22-20-7-3-6-14(20)11-19(16(21)10-18)15-8-12-4-1-2-5-13(12)9-15/h1-2,4-5,14-15H,3,6-11,18H2. The summed E-state index contributed by atoms with van der Waals surface area (Å²) < 4.78 is 12.6. The van der Waals surface area contributed by atoms with Crippen molar-refractivity contribution in [3.05, 3.63) is 35.4 Å². The fourth-order valence-electron chi connectivity index (χ4n) is 3.64. The van der Waals surface area contributed by atoms with Gasteiger partial charge in [0, 0.05) is 19.1 Å². The van der Waals surface area contributed by atoms with E-state index in [9.17, 15) is 9.32 Å². The molecular weight excluding hydrogens is 285 g/mol. The van der Waals surface area contributed by atoms with Gasteiger partial charge in [0.05, 0.1) is 12.6 Å². The lowest BCUT2D eigenvalue weighted by molar-refractivity contribution is -0.328. The second-order valence-corrected chi connectivity index (χ2v) is 6.09. The van der Waals surface area contributed by atoms with Crippen LogP contribution < -0.4 is 5.73 Å². The summed E-state index contributed by atoms with van der Waals surface area (Å²) in [7, 11) is 0. The molecule has 1 aliphatic heterocycles. The lowest BCUT2D eigenvalue weighted by Crippen LogP contribution is -2.49. The third kappa shape index (κ3) is 2.99. The minimum atomic E-state index is -0.0933. The van der Waals surface area contributed by atoms with Crippen molar-refractivity contribution in [2.24, 2.45) is 5.73 Å². The quantitative estimate of drug-likeness (QED) is 0.889. The second kappa shape index (κ2) is 6.73. The molecule has 6 heteroatoms. The molecule has 1 amide bonds. The first-order valence-electron chi connectivity index (χ1n) is 7.84. The number of carbonyl (C=O) groups excluding carboxylic acids is 1. The average molecular weight is 307 g/mol. The second-order valence-electron chi connectivity index (χ2n) is 6.09. The maximum Gasteiger partial charge on any atom is 0.236 e. The molecule has 3 rings (SSSR count). The van der Waals surface area contributed by atoms with Crippen molar-refractivity contribution in [2.45, 2.75) is 37.8 Å². The van der Waals surface area contributed by atoms with Crippen LogP contribution in [0, 0.1) is 0 Å². The van der Waals surface area contributed by atoms with Gasteiger partial charge in [0.15, 0.2) is 0 Å². The van der Waals surface area contributed by atoms with E-state index in [4.69, 9.17) is 5.73 Å².